The molecule has 0 amide bonds. The number of furan rings is 1. The molecule has 4 nitrogen and oxygen atoms in total. The second-order valence-electron chi connectivity index (χ2n) is 4.51. The molecule has 0 spiro atoms. The van der Waals surface area contributed by atoms with Gasteiger partial charge in [-0.2, -0.15) is 0 Å². The minimum Gasteiger partial charge on any atom is -0.497 e. The molecule has 1 aromatic heterocycles. The van der Waals surface area contributed by atoms with E-state index in [0.717, 1.165) is 42.3 Å². The first-order chi connectivity index (χ1) is 9.83. The minimum absolute atomic E-state index is 0.506. The van der Waals surface area contributed by atoms with Gasteiger partial charge in [0, 0.05) is 5.56 Å². The maximum atomic E-state index is 5.75. The maximum absolute atomic E-state index is 5.75. The Kier molecular flexibility index (Phi) is 5.50. The van der Waals surface area contributed by atoms with E-state index in [9.17, 15) is 0 Å². The van der Waals surface area contributed by atoms with E-state index in [2.05, 4.69) is 12.2 Å². The van der Waals surface area contributed by atoms with Crippen LogP contribution in [-0.2, 0) is 13.2 Å². The van der Waals surface area contributed by atoms with E-state index in [1.54, 1.807) is 13.4 Å². The van der Waals surface area contributed by atoms with Crippen LogP contribution >= 0.6 is 0 Å². The summed E-state index contributed by atoms with van der Waals surface area (Å²) in [7, 11) is 1.65. The van der Waals surface area contributed by atoms with Gasteiger partial charge >= 0.3 is 0 Å². The van der Waals surface area contributed by atoms with Gasteiger partial charge < -0.3 is 19.2 Å². The lowest BCUT2D eigenvalue weighted by atomic mass is 10.2. The molecular formula is C16H21NO3. The van der Waals surface area contributed by atoms with E-state index in [0.29, 0.717) is 6.61 Å². The van der Waals surface area contributed by atoms with Gasteiger partial charge in [0.05, 0.1) is 19.9 Å². The summed E-state index contributed by atoms with van der Waals surface area (Å²) in [4.78, 5) is 0. The lowest BCUT2D eigenvalue weighted by molar-refractivity contribution is 0.300. The molecule has 0 atom stereocenters. The summed E-state index contributed by atoms with van der Waals surface area (Å²) in [5.74, 6) is 2.58. The zero-order valence-corrected chi connectivity index (χ0v) is 12.0. The Balaban J connectivity index is 1.88. The van der Waals surface area contributed by atoms with Gasteiger partial charge in [0.1, 0.15) is 23.9 Å². The molecule has 2 rings (SSSR count). The quantitative estimate of drug-likeness (QED) is 0.750. The first-order valence-corrected chi connectivity index (χ1v) is 6.86. The Labute approximate surface area is 119 Å². The molecule has 1 heterocycles. The van der Waals surface area contributed by atoms with Crippen LogP contribution in [0.1, 0.15) is 24.7 Å². The predicted octanol–water partition coefficient (Wildman–Crippen LogP) is 3.37. The fourth-order valence-electron chi connectivity index (χ4n) is 1.86. The van der Waals surface area contributed by atoms with Crippen molar-refractivity contribution >= 4 is 0 Å². The number of benzene rings is 1. The van der Waals surface area contributed by atoms with Gasteiger partial charge in [-0.25, -0.2) is 0 Å². The third-order valence-corrected chi connectivity index (χ3v) is 3.00. The molecule has 0 fully saturated rings. The van der Waals surface area contributed by atoms with Crippen LogP contribution < -0.4 is 14.8 Å². The molecule has 0 aliphatic carbocycles. The van der Waals surface area contributed by atoms with Crippen LogP contribution in [0, 0.1) is 0 Å². The molecule has 0 radical (unpaired) electrons. The van der Waals surface area contributed by atoms with Crippen molar-refractivity contribution in [3.63, 3.8) is 0 Å². The van der Waals surface area contributed by atoms with Gasteiger partial charge in [0.15, 0.2) is 0 Å². The molecule has 1 N–H and O–H groups in total. The highest BCUT2D eigenvalue weighted by atomic mass is 16.5. The predicted molar refractivity (Wildman–Crippen MR) is 78.0 cm³/mol. The summed E-state index contributed by atoms with van der Waals surface area (Å²) in [6.07, 6.45) is 2.81. The highest BCUT2D eigenvalue weighted by molar-refractivity contribution is 5.31. The Morgan fingerprint density at radius 1 is 1.10 bits per heavy atom. The SMILES string of the molecule is CCCNCc1occc1COc1ccc(OC)cc1. The molecule has 20 heavy (non-hydrogen) atoms. The van der Waals surface area contributed by atoms with E-state index in [1.165, 1.54) is 0 Å². The van der Waals surface area contributed by atoms with Crippen LogP contribution in [0.3, 0.4) is 0 Å². The zero-order chi connectivity index (χ0) is 14.2. The summed E-state index contributed by atoms with van der Waals surface area (Å²) in [6, 6.07) is 9.51. The van der Waals surface area contributed by atoms with Gasteiger partial charge in [0.2, 0.25) is 0 Å². The van der Waals surface area contributed by atoms with Crippen molar-refractivity contribution in [2.45, 2.75) is 26.5 Å². The maximum Gasteiger partial charge on any atom is 0.124 e. The number of hydrogen-bond acceptors (Lipinski definition) is 4. The fraction of sp³-hybridized carbons (Fsp3) is 0.375. The van der Waals surface area contributed by atoms with Crippen molar-refractivity contribution in [2.24, 2.45) is 0 Å². The monoisotopic (exact) mass is 275 g/mol. The average molecular weight is 275 g/mol. The second kappa shape index (κ2) is 7.60. The summed E-state index contributed by atoms with van der Waals surface area (Å²) in [5.41, 5.74) is 1.07. The molecule has 1 aromatic carbocycles. The number of methoxy groups -OCH3 is 1. The van der Waals surface area contributed by atoms with Crippen molar-refractivity contribution in [1.29, 1.82) is 0 Å². The highest BCUT2D eigenvalue weighted by Crippen LogP contribution is 2.19. The molecule has 4 heteroatoms. The van der Waals surface area contributed by atoms with Crippen LogP contribution in [-0.4, -0.2) is 13.7 Å². The first kappa shape index (κ1) is 14.5. The van der Waals surface area contributed by atoms with Crippen LogP contribution in [0.4, 0.5) is 0 Å². The third kappa shape index (κ3) is 4.03. The summed E-state index contributed by atoms with van der Waals surface area (Å²) in [6.45, 7) is 4.37. The molecule has 108 valence electrons. The smallest absolute Gasteiger partial charge is 0.124 e. The van der Waals surface area contributed by atoms with E-state index in [1.807, 2.05) is 30.3 Å². The van der Waals surface area contributed by atoms with Gasteiger partial charge in [-0.05, 0) is 43.3 Å². The van der Waals surface area contributed by atoms with Crippen molar-refractivity contribution < 1.29 is 13.9 Å². The lowest BCUT2D eigenvalue weighted by Crippen LogP contribution is -2.14. The summed E-state index contributed by atoms with van der Waals surface area (Å²) < 4.78 is 16.3. The first-order valence-electron chi connectivity index (χ1n) is 6.86. The van der Waals surface area contributed by atoms with Gasteiger partial charge in [-0.1, -0.05) is 6.92 Å². The minimum atomic E-state index is 0.506. The molecule has 0 aliphatic heterocycles. The fourth-order valence-corrected chi connectivity index (χ4v) is 1.86. The van der Waals surface area contributed by atoms with Crippen LogP contribution in [0.5, 0.6) is 11.5 Å². The summed E-state index contributed by atoms with van der Waals surface area (Å²) >= 11 is 0. The van der Waals surface area contributed by atoms with Gasteiger partial charge in [-0.3, -0.25) is 0 Å². The number of hydrogen-bond donors (Lipinski definition) is 1. The highest BCUT2D eigenvalue weighted by Gasteiger charge is 2.06. The molecule has 0 unspecified atom stereocenters. The number of rotatable bonds is 8. The van der Waals surface area contributed by atoms with Crippen molar-refractivity contribution in [1.82, 2.24) is 5.32 Å². The van der Waals surface area contributed by atoms with Crippen molar-refractivity contribution in [3.05, 3.63) is 47.9 Å². The van der Waals surface area contributed by atoms with E-state index in [4.69, 9.17) is 13.9 Å². The van der Waals surface area contributed by atoms with E-state index < -0.39 is 0 Å². The Bertz CT molecular complexity index is 505. The van der Waals surface area contributed by atoms with Crippen LogP contribution in [0.25, 0.3) is 0 Å². The van der Waals surface area contributed by atoms with Gasteiger partial charge in [0.25, 0.3) is 0 Å². The van der Waals surface area contributed by atoms with Crippen molar-refractivity contribution in [3.8, 4) is 11.5 Å². The Morgan fingerprint density at radius 3 is 2.55 bits per heavy atom. The third-order valence-electron chi connectivity index (χ3n) is 3.00. The molecule has 0 saturated carbocycles. The van der Waals surface area contributed by atoms with Crippen LogP contribution in [0.2, 0.25) is 0 Å². The topological polar surface area (TPSA) is 43.6 Å². The lowest BCUT2D eigenvalue weighted by Gasteiger charge is -2.08. The normalized spacial score (nSPS) is 10.5. The Morgan fingerprint density at radius 2 is 1.85 bits per heavy atom. The largest absolute Gasteiger partial charge is 0.497 e. The van der Waals surface area contributed by atoms with Gasteiger partial charge in [-0.15, -0.1) is 0 Å². The number of ether oxygens (including phenoxy) is 2. The molecule has 0 saturated heterocycles. The Hall–Kier alpha value is -1.94. The zero-order valence-electron chi connectivity index (χ0n) is 12.0. The van der Waals surface area contributed by atoms with Crippen molar-refractivity contribution in [2.75, 3.05) is 13.7 Å². The molecule has 0 bridgehead atoms. The standard InChI is InChI=1S/C16H21NO3/c1-3-9-17-11-16-13(8-10-19-16)12-20-15-6-4-14(18-2)5-7-15/h4-8,10,17H,3,9,11-12H2,1-2H3. The summed E-state index contributed by atoms with van der Waals surface area (Å²) in [5, 5.41) is 3.33. The molecular weight excluding hydrogens is 254 g/mol. The van der Waals surface area contributed by atoms with Crippen LogP contribution in [0.15, 0.2) is 41.0 Å². The second-order valence-corrected chi connectivity index (χ2v) is 4.51. The molecule has 0 aliphatic rings. The average Bonchev–Trinajstić information content (AvgIpc) is 2.93. The van der Waals surface area contributed by atoms with E-state index in [-0.39, 0.29) is 0 Å². The number of nitrogens with one attached hydrogen (secondary N) is 1. The van der Waals surface area contributed by atoms with E-state index >= 15 is 0 Å². The molecule has 2 aromatic rings.